The van der Waals surface area contributed by atoms with E-state index in [4.69, 9.17) is 15.2 Å². The lowest BCUT2D eigenvalue weighted by Crippen LogP contribution is -2.24. The van der Waals surface area contributed by atoms with E-state index in [1.807, 2.05) is 0 Å². The highest BCUT2D eigenvalue weighted by Gasteiger charge is 2.18. The maximum Gasteiger partial charge on any atom is 0.314 e. The van der Waals surface area contributed by atoms with Gasteiger partial charge in [0.05, 0.1) is 31.4 Å². The topological polar surface area (TPSA) is 112 Å². The first kappa shape index (κ1) is 14.6. The molecule has 0 aliphatic heterocycles. The molecule has 19 heavy (non-hydrogen) atoms. The lowest BCUT2D eigenvalue weighted by atomic mass is 10.2. The van der Waals surface area contributed by atoms with Crippen molar-refractivity contribution in [1.82, 2.24) is 5.43 Å². The Kier molecular flexibility index (Phi) is 5.01. The molecule has 0 aromatic heterocycles. The van der Waals surface area contributed by atoms with E-state index in [-0.39, 0.29) is 22.3 Å². The number of hydrogen-bond donors (Lipinski definition) is 2. The zero-order valence-electron chi connectivity index (χ0n) is 10.2. The van der Waals surface area contributed by atoms with E-state index in [0.717, 1.165) is 0 Å². The predicted molar refractivity (Wildman–Crippen MR) is 73.7 cm³/mol. The number of thiocarbonyl (C=S) groups is 1. The summed E-state index contributed by atoms with van der Waals surface area (Å²) in [5, 5.41) is 14.6. The SMILES string of the molecule is COc1cc([N+](=O)[O-])c(OC)cc1C=NNC(N)=S. The second-order valence-electron chi connectivity index (χ2n) is 3.26. The third-order valence-electron chi connectivity index (χ3n) is 2.11. The molecule has 0 saturated heterocycles. The maximum absolute atomic E-state index is 10.9. The number of rotatable bonds is 5. The molecule has 0 saturated carbocycles. The van der Waals surface area contributed by atoms with Gasteiger partial charge in [-0.1, -0.05) is 0 Å². The van der Waals surface area contributed by atoms with Gasteiger partial charge in [0.15, 0.2) is 10.9 Å². The quantitative estimate of drug-likeness (QED) is 0.355. The van der Waals surface area contributed by atoms with Crippen molar-refractivity contribution in [3.63, 3.8) is 0 Å². The molecule has 1 aromatic rings. The molecule has 0 fully saturated rings. The highest BCUT2D eigenvalue weighted by molar-refractivity contribution is 7.80. The van der Waals surface area contributed by atoms with Gasteiger partial charge in [-0.3, -0.25) is 15.5 Å². The number of hydrazone groups is 1. The Hall–Kier alpha value is -2.42. The molecule has 0 aliphatic carbocycles. The summed E-state index contributed by atoms with van der Waals surface area (Å²) in [6.07, 6.45) is 1.37. The number of methoxy groups -OCH3 is 2. The van der Waals surface area contributed by atoms with Crippen LogP contribution in [0.15, 0.2) is 17.2 Å². The van der Waals surface area contributed by atoms with Crippen molar-refractivity contribution in [2.24, 2.45) is 10.8 Å². The number of benzene rings is 1. The van der Waals surface area contributed by atoms with Crippen molar-refractivity contribution in [3.8, 4) is 11.5 Å². The van der Waals surface area contributed by atoms with Gasteiger partial charge in [-0.05, 0) is 18.3 Å². The summed E-state index contributed by atoms with van der Waals surface area (Å²) in [4.78, 5) is 10.3. The molecule has 0 unspecified atom stereocenters. The number of nitrogens with zero attached hydrogens (tertiary/aromatic N) is 2. The molecule has 0 amide bonds. The molecule has 1 rings (SSSR count). The second-order valence-corrected chi connectivity index (χ2v) is 3.70. The minimum Gasteiger partial charge on any atom is -0.496 e. The van der Waals surface area contributed by atoms with Crippen molar-refractivity contribution >= 4 is 29.2 Å². The Morgan fingerprint density at radius 1 is 1.47 bits per heavy atom. The van der Waals surface area contributed by atoms with Gasteiger partial charge in [0.2, 0.25) is 0 Å². The lowest BCUT2D eigenvalue weighted by molar-refractivity contribution is -0.385. The molecule has 3 N–H and O–H groups in total. The summed E-state index contributed by atoms with van der Waals surface area (Å²) in [6, 6.07) is 2.68. The Labute approximate surface area is 114 Å². The van der Waals surface area contributed by atoms with Crippen LogP contribution in [0.1, 0.15) is 5.56 Å². The fourth-order valence-corrected chi connectivity index (χ4v) is 1.37. The van der Waals surface area contributed by atoms with Crippen LogP contribution in [0.3, 0.4) is 0 Å². The molecule has 0 aliphatic rings. The van der Waals surface area contributed by atoms with Crippen molar-refractivity contribution in [1.29, 1.82) is 0 Å². The van der Waals surface area contributed by atoms with Gasteiger partial charge in [0.1, 0.15) is 5.75 Å². The minimum absolute atomic E-state index is 0.00379. The van der Waals surface area contributed by atoms with Crippen LogP contribution < -0.4 is 20.6 Å². The van der Waals surface area contributed by atoms with Crippen molar-refractivity contribution in [2.45, 2.75) is 0 Å². The van der Waals surface area contributed by atoms with Crippen LogP contribution in [0.5, 0.6) is 11.5 Å². The fraction of sp³-hybridized carbons (Fsp3) is 0.200. The van der Waals surface area contributed by atoms with Gasteiger partial charge >= 0.3 is 5.69 Å². The molecule has 8 nitrogen and oxygen atoms in total. The van der Waals surface area contributed by atoms with E-state index < -0.39 is 4.92 Å². The van der Waals surface area contributed by atoms with Crippen LogP contribution in [0.4, 0.5) is 5.69 Å². The average molecular weight is 284 g/mol. The van der Waals surface area contributed by atoms with Gasteiger partial charge in [0.25, 0.3) is 0 Å². The smallest absolute Gasteiger partial charge is 0.314 e. The third-order valence-corrected chi connectivity index (χ3v) is 2.20. The average Bonchev–Trinajstić information content (AvgIpc) is 2.37. The summed E-state index contributed by atoms with van der Waals surface area (Å²) in [7, 11) is 2.73. The molecule has 102 valence electrons. The van der Waals surface area contributed by atoms with Crippen LogP contribution in [0.2, 0.25) is 0 Å². The van der Waals surface area contributed by atoms with Gasteiger partial charge in [-0.2, -0.15) is 5.10 Å². The summed E-state index contributed by atoms with van der Waals surface area (Å²) < 4.78 is 9.99. The van der Waals surface area contributed by atoms with Crippen LogP contribution in [-0.4, -0.2) is 30.5 Å². The standard InChI is InChI=1S/C10H12N4O4S/c1-17-8-4-7(14(15)16)9(18-2)3-6(8)5-12-13-10(11)19/h3-5H,1-2H3,(H3,11,13,19). The Morgan fingerprint density at radius 3 is 2.58 bits per heavy atom. The highest BCUT2D eigenvalue weighted by atomic mass is 32.1. The van der Waals surface area contributed by atoms with Crippen LogP contribution in [0, 0.1) is 10.1 Å². The van der Waals surface area contributed by atoms with Crippen LogP contribution in [-0.2, 0) is 0 Å². The van der Waals surface area contributed by atoms with E-state index in [1.165, 1.54) is 32.6 Å². The fourth-order valence-electron chi connectivity index (χ4n) is 1.31. The Morgan fingerprint density at radius 2 is 2.11 bits per heavy atom. The van der Waals surface area contributed by atoms with Gasteiger partial charge < -0.3 is 15.2 Å². The first-order valence-electron chi connectivity index (χ1n) is 4.98. The maximum atomic E-state index is 10.9. The van der Waals surface area contributed by atoms with E-state index in [1.54, 1.807) is 0 Å². The number of nitrogens with two attached hydrogens (primary N) is 1. The molecule has 0 atom stereocenters. The number of nitro benzene ring substituents is 1. The molecule has 0 heterocycles. The summed E-state index contributed by atoms with van der Waals surface area (Å²) in [6.45, 7) is 0. The molecule has 9 heteroatoms. The highest BCUT2D eigenvalue weighted by Crippen LogP contribution is 2.33. The molecule has 0 spiro atoms. The van der Waals surface area contributed by atoms with Gasteiger partial charge in [0, 0.05) is 5.56 Å². The van der Waals surface area contributed by atoms with Crippen molar-refractivity contribution in [2.75, 3.05) is 14.2 Å². The van der Waals surface area contributed by atoms with Gasteiger partial charge in [-0.15, -0.1) is 0 Å². The lowest BCUT2D eigenvalue weighted by Gasteiger charge is -2.07. The first-order valence-corrected chi connectivity index (χ1v) is 5.39. The monoisotopic (exact) mass is 284 g/mol. The van der Waals surface area contributed by atoms with Crippen molar-refractivity contribution in [3.05, 3.63) is 27.8 Å². The number of nitrogens with one attached hydrogen (secondary N) is 1. The summed E-state index contributed by atoms with van der Waals surface area (Å²) >= 11 is 4.58. The molecule has 0 radical (unpaired) electrons. The van der Waals surface area contributed by atoms with E-state index in [2.05, 4.69) is 22.7 Å². The zero-order valence-corrected chi connectivity index (χ0v) is 11.1. The predicted octanol–water partition coefficient (Wildman–Crippen LogP) is 0.779. The summed E-state index contributed by atoms with van der Waals surface area (Å²) in [5.74, 6) is 0.378. The number of nitro groups is 1. The Balaban J connectivity index is 3.20. The van der Waals surface area contributed by atoms with E-state index >= 15 is 0 Å². The van der Waals surface area contributed by atoms with Crippen LogP contribution in [0.25, 0.3) is 0 Å². The molecular weight excluding hydrogens is 272 g/mol. The summed E-state index contributed by atoms with van der Waals surface area (Å²) in [5.41, 5.74) is 7.86. The van der Waals surface area contributed by atoms with E-state index in [0.29, 0.717) is 5.56 Å². The van der Waals surface area contributed by atoms with E-state index in [9.17, 15) is 10.1 Å². The molecule has 0 bridgehead atoms. The Bertz CT molecular complexity index is 533. The largest absolute Gasteiger partial charge is 0.496 e. The number of ether oxygens (including phenoxy) is 2. The molecule has 1 aromatic carbocycles. The minimum atomic E-state index is -0.560. The molecular formula is C10H12N4O4S. The second kappa shape index (κ2) is 6.50. The van der Waals surface area contributed by atoms with Crippen molar-refractivity contribution < 1.29 is 14.4 Å². The number of hydrogen-bond acceptors (Lipinski definition) is 6. The first-order chi connectivity index (χ1) is 8.99. The third kappa shape index (κ3) is 3.78. The normalized spacial score (nSPS) is 10.2. The van der Waals surface area contributed by atoms with Gasteiger partial charge in [-0.25, -0.2) is 0 Å². The van der Waals surface area contributed by atoms with Crippen LogP contribution >= 0.6 is 12.2 Å². The zero-order chi connectivity index (χ0) is 14.4.